The minimum atomic E-state index is -0.377. The maximum absolute atomic E-state index is 10.2. The lowest BCUT2D eigenvalue weighted by Crippen LogP contribution is -3.14. The van der Waals surface area contributed by atoms with Crippen LogP contribution < -0.4 is 9.64 Å². The number of hydrogen-bond acceptors (Lipinski definition) is 2. The quantitative estimate of drug-likeness (QED) is 0.853. The molecule has 20 heavy (non-hydrogen) atoms. The van der Waals surface area contributed by atoms with Gasteiger partial charge in [0.05, 0.1) is 13.1 Å². The molecule has 1 fully saturated rings. The van der Waals surface area contributed by atoms with Crippen LogP contribution >= 0.6 is 0 Å². The monoisotopic (exact) mass is 278 g/mol. The summed E-state index contributed by atoms with van der Waals surface area (Å²) in [5.74, 6) is 1.77. The molecule has 0 saturated carbocycles. The lowest BCUT2D eigenvalue weighted by molar-refractivity contribution is -0.909. The number of nitrogens with one attached hydrogen (secondary N) is 1. The fraction of sp³-hybridized carbons (Fsp3) is 0.647. The molecule has 1 aromatic rings. The molecular weight excluding hydrogens is 250 g/mol. The fourth-order valence-electron chi connectivity index (χ4n) is 2.97. The van der Waals surface area contributed by atoms with Crippen molar-refractivity contribution in [1.82, 2.24) is 0 Å². The minimum Gasteiger partial charge on any atom is -0.490 e. The van der Waals surface area contributed by atoms with Crippen LogP contribution in [0.2, 0.25) is 0 Å². The summed E-state index contributed by atoms with van der Waals surface area (Å²) in [6, 6.07) is 6.13. The third kappa shape index (κ3) is 4.22. The summed E-state index contributed by atoms with van der Waals surface area (Å²) >= 11 is 0. The fourth-order valence-corrected chi connectivity index (χ4v) is 2.97. The third-order valence-electron chi connectivity index (χ3n) is 4.33. The normalized spacial score (nSPS) is 24.4. The molecule has 1 aromatic carbocycles. The van der Waals surface area contributed by atoms with Crippen molar-refractivity contribution in [3.8, 4) is 5.75 Å². The van der Waals surface area contributed by atoms with Gasteiger partial charge in [-0.2, -0.15) is 0 Å². The summed E-state index contributed by atoms with van der Waals surface area (Å²) in [5, 5.41) is 10.2. The van der Waals surface area contributed by atoms with E-state index >= 15 is 0 Å². The van der Waals surface area contributed by atoms with Crippen LogP contribution in [0.5, 0.6) is 5.75 Å². The third-order valence-corrected chi connectivity index (χ3v) is 4.33. The molecule has 1 heterocycles. The van der Waals surface area contributed by atoms with E-state index in [-0.39, 0.29) is 6.10 Å². The summed E-state index contributed by atoms with van der Waals surface area (Å²) in [4.78, 5) is 1.51. The Balaban J connectivity index is 1.79. The molecule has 3 nitrogen and oxygen atoms in total. The molecule has 3 heteroatoms. The van der Waals surface area contributed by atoms with Gasteiger partial charge in [0.25, 0.3) is 0 Å². The highest BCUT2D eigenvalue weighted by Gasteiger charge is 2.22. The van der Waals surface area contributed by atoms with Crippen LogP contribution in [0.3, 0.4) is 0 Å². The zero-order valence-corrected chi connectivity index (χ0v) is 13.0. The summed E-state index contributed by atoms with van der Waals surface area (Å²) in [6.07, 6.45) is 2.18. The number of rotatable bonds is 5. The first-order valence-electron chi connectivity index (χ1n) is 7.77. The summed E-state index contributed by atoms with van der Waals surface area (Å²) < 4.78 is 5.83. The highest BCUT2D eigenvalue weighted by Crippen LogP contribution is 2.22. The number of ether oxygens (including phenoxy) is 1. The molecule has 112 valence electrons. The molecule has 0 bridgehead atoms. The number of benzene rings is 1. The van der Waals surface area contributed by atoms with Gasteiger partial charge in [0.15, 0.2) is 0 Å². The van der Waals surface area contributed by atoms with Gasteiger partial charge in [-0.15, -0.1) is 0 Å². The van der Waals surface area contributed by atoms with Gasteiger partial charge in [0.2, 0.25) is 0 Å². The Kier molecular flexibility index (Phi) is 5.44. The Bertz CT molecular complexity index is 405. The van der Waals surface area contributed by atoms with E-state index in [9.17, 15) is 5.11 Å². The van der Waals surface area contributed by atoms with Crippen molar-refractivity contribution >= 4 is 0 Å². The molecule has 0 aliphatic carbocycles. The number of aliphatic hydroxyl groups excluding tert-OH is 1. The number of quaternary nitrogens is 1. The van der Waals surface area contributed by atoms with E-state index in [0.717, 1.165) is 29.3 Å². The summed E-state index contributed by atoms with van der Waals surface area (Å²) in [6.45, 7) is 9.97. The van der Waals surface area contributed by atoms with Gasteiger partial charge in [-0.1, -0.05) is 25.1 Å². The molecule has 1 aliphatic heterocycles. The van der Waals surface area contributed by atoms with E-state index in [1.165, 1.54) is 30.8 Å². The standard InChI is InChI=1S/C17H27NO2/c1-13-7-9-18(10-8-13)11-16(19)12-20-17-14(2)5-4-6-15(17)3/h4-6,13,16,19H,7-12H2,1-3H3/p+1. The van der Waals surface area contributed by atoms with E-state index in [0.29, 0.717) is 6.61 Å². The van der Waals surface area contributed by atoms with Crippen molar-refractivity contribution in [2.24, 2.45) is 5.92 Å². The van der Waals surface area contributed by atoms with Crippen LogP contribution in [0.1, 0.15) is 30.9 Å². The van der Waals surface area contributed by atoms with Gasteiger partial charge < -0.3 is 14.7 Å². The Morgan fingerprint density at radius 2 is 1.85 bits per heavy atom. The average molecular weight is 278 g/mol. The van der Waals surface area contributed by atoms with Crippen LogP contribution in [-0.2, 0) is 0 Å². The zero-order valence-electron chi connectivity index (χ0n) is 13.0. The van der Waals surface area contributed by atoms with E-state index in [1.54, 1.807) is 0 Å². The van der Waals surface area contributed by atoms with Crippen LogP contribution in [-0.4, -0.2) is 37.5 Å². The molecule has 2 N–H and O–H groups in total. The number of likely N-dealkylation sites (tertiary alicyclic amines) is 1. The van der Waals surface area contributed by atoms with E-state index in [1.807, 2.05) is 32.0 Å². The molecule has 2 rings (SSSR count). The maximum Gasteiger partial charge on any atom is 0.137 e. The van der Waals surface area contributed by atoms with E-state index in [2.05, 4.69) is 6.92 Å². The van der Waals surface area contributed by atoms with E-state index < -0.39 is 0 Å². The molecule has 0 aromatic heterocycles. The highest BCUT2D eigenvalue weighted by atomic mass is 16.5. The average Bonchev–Trinajstić information content (AvgIpc) is 2.41. The largest absolute Gasteiger partial charge is 0.490 e. The zero-order chi connectivity index (χ0) is 14.5. The Labute approximate surface area is 122 Å². The predicted octanol–water partition coefficient (Wildman–Crippen LogP) is 1.36. The Morgan fingerprint density at radius 3 is 2.45 bits per heavy atom. The molecule has 1 unspecified atom stereocenters. The van der Waals surface area contributed by atoms with Crippen molar-refractivity contribution < 1.29 is 14.7 Å². The van der Waals surface area contributed by atoms with Gasteiger partial charge in [-0.05, 0) is 43.7 Å². The van der Waals surface area contributed by atoms with E-state index in [4.69, 9.17) is 4.74 Å². The van der Waals surface area contributed by atoms with Crippen LogP contribution in [0.4, 0.5) is 0 Å². The molecular formula is C17H28NO2+. The predicted molar refractivity (Wildman–Crippen MR) is 81.4 cm³/mol. The van der Waals surface area contributed by atoms with Crippen molar-refractivity contribution in [3.63, 3.8) is 0 Å². The van der Waals surface area contributed by atoms with Gasteiger partial charge in [0.1, 0.15) is 25.0 Å². The first-order chi connectivity index (χ1) is 9.56. The minimum absolute atomic E-state index is 0.377. The topological polar surface area (TPSA) is 33.9 Å². The van der Waals surface area contributed by atoms with Gasteiger partial charge in [0, 0.05) is 0 Å². The Morgan fingerprint density at radius 1 is 1.25 bits per heavy atom. The van der Waals surface area contributed by atoms with Crippen molar-refractivity contribution in [3.05, 3.63) is 29.3 Å². The lowest BCUT2D eigenvalue weighted by atomic mass is 9.99. The van der Waals surface area contributed by atoms with Gasteiger partial charge in [-0.25, -0.2) is 0 Å². The lowest BCUT2D eigenvalue weighted by Gasteiger charge is -2.28. The van der Waals surface area contributed by atoms with Crippen molar-refractivity contribution in [1.29, 1.82) is 0 Å². The molecule has 0 spiro atoms. The second kappa shape index (κ2) is 7.09. The summed E-state index contributed by atoms with van der Waals surface area (Å²) in [7, 11) is 0. The van der Waals surface area contributed by atoms with Crippen LogP contribution in [0, 0.1) is 19.8 Å². The number of piperidine rings is 1. The van der Waals surface area contributed by atoms with Gasteiger partial charge >= 0.3 is 0 Å². The number of hydrogen-bond donors (Lipinski definition) is 2. The first kappa shape index (κ1) is 15.3. The second-order valence-electron chi connectivity index (χ2n) is 6.32. The first-order valence-corrected chi connectivity index (χ1v) is 7.77. The Hall–Kier alpha value is -1.06. The highest BCUT2D eigenvalue weighted by molar-refractivity contribution is 5.39. The van der Waals surface area contributed by atoms with Crippen molar-refractivity contribution in [2.45, 2.75) is 39.7 Å². The van der Waals surface area contributed by atoms with Gasteiger partial charge in [-0.3, -0.25) is 0 Å². The number of aryl methyl sites for hydroxylation is 2. The van der Waals surface area contributed by atoms with Crippen LogP contribution in [0.15, 0.2) is 18.2 Å². The van der Waals surface area contributed by atoms with Crippen LogP contribution in [0.25, 0.3) is 0 Å². The second-order valence-corrected chi connectivity index (χ2v) is 6.32. The SMILES string of the molecule is Cc1cccc(C)c1OCC(O)C[NH+]1CCC(C)CC1. The maximum atomic E-state index is 10.2. The molecule has 0 radical (unpaired) electrons. The molecule has 1 aliphatic rings. The summed E-state index contributed by atoms with van der Waals surface area (Å²) in [5.41, 5.74) is 2.27. The molecule has 0 amide bonds. The van der Waals surface area contributed by atoms with Crippen molar-refractivity contribution in [2.75, 3.05) is 26.2 Å². The number of para-hydroxylation sites is 1. The molecule has 1 atom stereocenters. The molecule has 1 saturated heterocycles. The smallest absolute Gasteiger partial charge is 0.137 e. The number of aliphatic hydroxyl groups is 1.